The van der Waals surface area contributed by atoms with Gasteiger partial charge in [0, 0.05) is 17.4 Å². The van der Waals surface area contributed by atoms with Gasteiger partial charge < -0.3 is 10.5 Å². The van der Waals surface area contributed by atoms with Crippen LogP contribution in [0.3, 0.4) is 0 Å². The maximum absolute atomic E-state index is 14.6. The quantitative estimate of drug-likeness (QED) is 0.496. The molecule has 0 saturated heterocycles. The van der Waals surface area contributed by atoms with Crippen molar-refractivity contribution in [3.05, 3.63) is 70.8 Å². The number of amides is 1. The molecule has 2 aromatic rings. The van der Waals surface area contributed by atoms with Crippen LogP contribution >= 0.6 is 24.8 Å². The highest BCUT2D eigenvalue weighted by Gasteiger charge is 2.52. The van der Waals surface area contributed by atoms with E-state index in [1.54, 1.807) is 20.8 Å². The molecule has 2 aromatic carbocycles. The van der Waals surface area contributed by atoms with Crippen LogP contribution in [0.25, 0.3) is 0 Å². The van der Waals surface area contributed by atoms with E-state index in [-0.39, 0.29) is 47.6 Å². The first-order valence-corrected chi connectivity index (χ1v) is 11.2. The number of nitrogens with two attached hydrogens (primary N) is 1. The zero-order valence-corrected chi connectivity index (χ0v) is 22.7. The number of carbonyl (C=O) groups is 1. The number of hydrazone groups is 1. The lowest BCUT2D eigenvalue weighted by Gasteiger charge is -2.38. The predicted molar refractivity (Wildman–Crippen MR) is 140 cm³/mol. The van der Waals surface area contributed by atoms with Crippen LogP contribution in [0.4, 0.5) is 8.78 Å². The third-order valence-electron chi connectivity index (χ3n) is 5.71. The van der Waals surface area contributed by atoms with Crippen molar-refractivity contribution in [1.29, 1.82) is 0 Å². The van der Waals surface area contributed by atoms with Gasteiger partial charge in [0.2, 0.25) is 11.6 Å². The zero-order chi connectivity index (χ0) is 24.6. The smallest absolute Gasteiger partial charge is 0.251 e. The van der Waals surface area contributed by atoms with Crippen molar-refractivity contribution in [2.45, 2.75) is 65.5 Å². The van der Waals surface area contributed by atoms with Crippen LogP contribution in [0.1, 0.15) is 71.1 Å². The molecule has 0 aromatic heterocycles. The van der Waals surface area contributed by atoms with Crippen molar-refractivity contribution < 1.29 is 18.3 Å². The monoisotopic (exact) mass is 529 g/mol. The van der Waals surface area contributed by atoms with Gasteiger partial charge >= 0.3 is 0 Å². The summed E-state index contributed by atoms with van der Waals surface area (Å²) in [6, 6.07) is 10.9. The van der Waals surface area contributed by atoms with E-state index in [9.17, 15) is 13.6 Å². The summed E-state index contributed by atoms with van der Waals surface area (Å²) in [5.74, 6) is -1.75. The van der Waals surface area contributed by atoms with Crippen LogP contribution in [0, 0.1) is 17.0 Å². The fourth-order valence-electron chi connectivity index (χ4n) is 3.75. The van der Waals surface area contributed by atoms with Crippen molar-refractivity contribution in [3.63, 3.8) is 0 Å². The molecule has 1 atom stereocenters. The Balaban J connectivity index is 0.00000306. The minimum absolute atomic E-state index is 0. The normalized spacial score (nSPS) is 17.7. The van der Waals surface area contributed by atoms with Crippen molar-refractivity contribution in [2.24, 2.45) is 16.3 Å². The molecule has 0 spiro atoms. The van der Waals surface area contributed by atoms with Crippen molar-refractivity contribution in [1.82, 2.24) is 5.01 Å². The van der Waals surface area contributed by atoms with Crippen LogP contribution in [0.2, 0.25) is 0 Å². The van der Waals surface area contributed by atoms with Gasteiger partial charge in [-0.1, -0.05) is 65.8 Å². The maximum atomic E-state index is 14.6. The minimum atomic E-state index is -1.33. The van der Waals surface area contributed by atoms with Gasteiger partial charge in [-0.3, -0.25) is 4.79 Å². The highest BCUT2D eigenvalue weighted by molar-refractivity contribution is 5.97. The Hall–Kier alpha value is -2.22. The molecule has 35 heavy (non-hydrogen) atoms. The van der Waals surface area contributed by atoms with Crippen LogP contribution < -0.4 is 5.73 Å². The molecule has 1 aliphatic rings. The highest BCUT2D eigenvalue weighted by atomic mass is 35.5. The lowest BCUT2D eigenvalue weighted by molar-refractivity contribution is -0.161. The van der Waals surface area contributed by atoms with Gasteiger partial charge in [0.1, 0.15) is 11.6 Å². The Morgan fingerprint density at radius 3 is 2.14 bits per heavy atom. The summed E-state index contributed by atoms with van der Waals surface area (Å²) in [6.07, 6.45) is 0.869. The van der Waals surface area contributed by atoms with Crippen LogP contribution in [-0.2, 0) is 20.7 Å². The summed E-state index contributed by atoms with van der Waals surface area (Å²) in [5.41, 5.74) is 5.31. The van der Waals surface area contributed by atoms with Crippen LogP contribution in [0.5, 0.6) is 0 Å². The SMILES string of the molecule is CC(C)(C)C(=O)N1N=C(c2cc(F)ccc2F)OC1(CCCN)c1ccc(C(C)(C)C)cc1.Cl.Cl. The van der Waals surface area contributed by atoms with Crippen LogP contribution in [-0.4, -0.2) is 23.4 Å². The lowest BCUT2D eigenvalue weighted by Crippen LogP contribution is -2.49. The van der Waals surface area contributed by atoms with Gasteiger partial charge in [-0.05, 0) is 42.1 Å². The molecule has 5 nitrogen and oxygen atoms in total. The van der Waals surface area contributed by atoms with Gasteiger partial charge in [0.05, 0.1) is 5.56 Å². The lowest BCUT2D eigenvalue weighted by atomic mass is 9.85. The van der Waals surface area contributed by atoms with E-state index in [2.05, 4.69) is 25.9 Å². The molecule has 0 saturated carbocycles. The molecule has 1 amide bonds. The molecule has 0 bridgehead atoms. The van der Waals surface area contributed by atoms with Gasteiger partial charge in [-0.2, -0.15) is 5.01 Å². The first kappa shape index (κ1) is 30.8. The van der Waals surface area contributed by atoms with Crippen molar-refractivity contribution in [2.75, 3.05) is 6.54 Å². The number of rotatable bonds is 5. The average molecular weight is 530 g/mol. The van der Waals surface area contributed by atoms with E-state index in [4.69, 9.17) is 10.5 Å². The van der Waals surface area contributed by atoms with Gasteiger partial charge in [-0.15, -0.1) is 29.9 Å². The molecule has 1 aliphatic heterocycles. The molecule has 3 rings (SSSR count). The van der Waals surface area contributed by atoms with Crippen molar-refractivity contribution >= 4 is 36.6 Å². The summed E-state index contributed by atoms with van der Waals surface area (Å²) in [6.45, 7) is 12.0. The topological polar surface area (TPSA) is 67.9 Å². The molecule has 9 heteroatoms. The second-order valence-electron chi connectivity index (χ2n) is 10.5. The second kappa shape index (κ2) is 11.2. The first-order chi connectivity index (χ1) is 15.3. The summed E-state index contributed by atoms with van der Waals surface area (Å²) in [5, 5.41) is 5.70. The number of halogens is 4. The van der Waals surface area contributed by atoms with Gasteiger partial charge in [0.25, 0.3) is 5.91 Å². The van der Waals surface area contributed by atoms with E-state index in [1.165, 1.54) is 5.01 Å². The highest BCUT2D eigenvalue weighted by Crippen LogP contribution is 2.43. The molecule has 0 fully saturated rings. The van der Waals surface area contributed by atoms with Gasteiger partial charge in [-0.25, -0.2) is 8.78 Å². The zero-order valence-electron chi connectivity index (χ0n) is 21.0. The average Bonchev–Trinajstić information content (AvgIpc) is 3.12. The Labute approximate surface area is 218 Å². The first-order valence-electron chi connectivity index (χ1n) is 11.2. The van der Waals surface area contributed by atoms with Crippen molar-refractivity contribution in [3.8, 4) is 0 Å². The van der Waals surface area contributed by atoms with E-state index in [0.29, 0.717) is 24.9 Å². The van der Waals surface area contributed by atoms with E-state index in [1.807, 2.05) is 24.3 Å². The summed E-state index contributed by atoms with van der Waals surface area (Å²) in [7, 11) is 0. The standard InChI is InChI=1S/C26H33F2N3O2.2ClH/c1-24(2,3)17-8-10-18(11-9-17)26(14-7-15-29)31(23(32)25(4,5)6)30-22(33-26)20-16-19(27)12-13-21(20)28;;/h8-13,16H,7,14-15,29H2,1-6H3;2*1H. The molecule has 2 N–H and O–H groups in total. The largest absolute Gasteiger partial charge is 0.443 e. The molecular weight excluding hydrogens is 495 g/mol. The molecule has 0 aliphatic carbocycles. The third-order valence-corrected chi connectivity index (χ3v) is 5.71. The Kier molecular flexibility index (Phi) is 9.89. The Morgan fingerprint density at radius 1 is 1.03 bits per heavy atom. The second-order valence-corrected chi connectivity index (χ2v) is 10.5. The number of carbonyl (C=O) groups excluding carboxylic acids is 1. The third kappa shape index (κ3) is 6.32. The fourth-order valence-corrected chi connectivity index (χ4v) is 3.75. The number of ether oxygens (including phenoxy) is 1. The predicted octanol–water partition coefficient (Wildman–Crippen LogP) is 6.26. The minimum Gasteiger partial charge on any atom is -0.443 e. The summed E-state index contributed by atoms with van der Waals surface area (Å²) in [4.78, 5) is 13.5. The number of hydrogen-bond acceptors (Lipinski definition) is 4. The summed E-state index contributed by atoms with van der Waals surface area (Å²) < 4.78 is 34.9. The summed E-state index contributed by atoms with van der Waals surface area (Å²) >= 11 is 0. The fraction of sp³-hybridized carbons (Fsp3) is 0.462. The number of nitrogens with zero attached hydrogens (tertiary/aromatic N) is 2. The van der Waals surface area contributed by atoms with E-state index >= 15 is 0 Å². The van der Waals surface area contributed by atoms with Gasteiger partial charge in [0.15, 0.2) is 0 Å². The molecule has 0 radical (unpaired) electrons. The van der Waals surface area contributed by atoms with Crippen LogP contribution in [0.15, 0.2) is 47.6 Å². The number of hydrogen-bond donors (Lipinski definition) is 1. The maximum Gasteiger partial charge on any atom is 0.251 e. The molecule has 1 heterocycles. The molecular formula is C26H35Cl2F2N3O2. The Morgan fingerprint density at radius 2 is 1.63 bits per heavy atom. The Bertz CT molecular complexity index is 1060. The molecule has 194 valence electrons. The number of benzene rings is 2. The van der Waals surface area contributed by atoms with E-state index in [0.717, 1.165) is 23.8 Å². The van der Waals surface area contributed by atoms with E-state index < -0.39 is 22.8 Å². The molecule has 1 unspecified atom stereocenters.